The first-order valence-corrected chi connectivity index (χ1v) is 7.18. The van der Waals surface area contributed by atoms with E-state index in [0.717, 1.165) is 17.2 Å². The van der Waals surface area contributed by atoms with Gasteiger partial charge in [0.2, 0.25) is 0 Å². The van der Waals surface area contributed by atoms with Gasteiger partial charge < -0.3 is 5.32 Å². The highest BCUT2D eigenvalue weighted by molar-refractivity contribution is 7.11. The summed E-state index contributed by atoms with van der Waals surface area (Å²) in [4.78, 5) is 5.88. The number of hydrogen-bond donors (Lipinski definition) is 1. The molecule has 0 saturated carbocycles. The standard InChI is InChI=1S/C15H20N2S/c1-5-16-14(13-9-7-6-8-10(13)2)15-11(3)17-12(4)18-15/h6-9,14,16H,5H2,1-4H3. The van der Waals surface area contributed by atoms with E-state index < -0.39 is 0 Å². The van der Waals surface area contributed by atoms with Gasteiger partial charge in [0, 0.05) is 4.88 Å². The zero-order chi connectivity index (χ0) is 13.1. The molecule has 0 aliphatic heterocycles. The second-order valence-corrected chi connectivity index (χ2v) is 5.76. The topological polar surface area (TPSA) is 24.9 Å². The van der Waals surface area contributed by atoms with E-state index in [0.29, 0.717) is 0 Å². The van der Waals surface area contributed by atoms with Crippen molar-refractivity contribution in [3.05, 3.63) is 51.0 Å². The maximum atomic E-state index is 4.55. The van der Waals surface area contributed by atoms with Crippen LogP contribution < -0.4 is 5.32 Å². The maximum absolute atomic E-state index is 4.55. The van der Waals surface area contributed by atoms with Gasteiger partial charge in [-0.15, -0.1) is 11.3 Å². The Morgan fingerprint density at radius 3 is 2.50 bits per heavy atom. The van der Waals surface area contributed by atoms with Crippen LogP contribution in [0.5, 0.6) is 0 Å². The summed E-state index contributed by atoms with van der Waals surface area (Å²) in [5.41, 5.74) is 3.83. The molecule has 18 heavy (non-hydrogen) atoms. The first-order valence-electron chi connectivity index (χ1n) is 6.36. The molecule has 0 bridgehead atoms. The third-order valence-corrected chi connectivity index (χ3v) is 4.25. The minimum Gasteiger partial charge on any atom is -0.306 e. The van der Waals surface area contributed by atoms with E-state index in [1.54, 1.807) is 11.3 Å². The van der Waals surface area contributed by atoms with Gasteiger partial charge in [0.1, 0.15) is 0 Å². The van der Waals surface area contributed by atoms with Crippen molar-refractivity contribution < 1.29 is 0 Å². The van der Waals surface area contributed by atoms with Gasteiger partial charge in [0.15, 0.2) is 0 Å². The number of rotatable bonds is 4. The number of nitrogens with one attached hydrogen (secondary N) is 1. The van der Waals surface area contributed by atoms with E-state index in [4.69, 9.17) is 0 Å². The van der Waals surface area contributed by atoms with Gasteiger partial charge >= 0.3 is 0 Å². The lowest BCUT2D eigenvalue weighted by Crippen LogP contribution is -2.22. The predicted molar refractivity (Wildman–Crippen MR) is 78.3 cm³/mol. The molecule has 1 N–H and O–H groups in total. The highest BCUT2D eigenvalue weighted by Gasteiger charge is 2.19. The molecule has 0 amide bonds. The van der Waals surface area contributed by atoms with E-state index in [9.17, 15) is 0 Å². The molecule has 1 heterocycles. The van der Waals surface area contributed by atoms with E-state index in [1.165, 1.54) is 16.0 Å². The molecule has 96 valence electrons. The Morgan fingerprint density at radius 1 is 1.22 bits per heavy atom. The van der Waals surface area contributed by atoms with Crippen molar-refractivity contribution in [2.24, 2.45) is 0 Å². The third-order valence-electron chi connectivity index (χ3n) is 3.11. The number of nitrogens with zero attached hydrogens (tertiary/aromatic N) is 1. The summed E-state index contributed by atoms with van der Waals surface area (Å²) in [6.45, 7) is 9.44. The van der Waals surface area contributed by atoms with Gasteiger partial charge in [0.25, 0.3) is 0 Å². The summed E-state index contributed by atoms with van der Waals surface area (Å²) in [6.07, 6.45) is 0. The summed E-state index contributed by atoms with van der Waals surface area (Å²) in [7, 11) is 0. The maximum Gasteiger partial charge on any atom is 0.0900 e. The molecule has 1 aromatic carbocycles. The molecular weight excluding hydrogens is 240 g/mol. The van der Waals surface area contributed by atoms with Crippen LogP contribution in [0.25, 0.3) is 0 Å². The predicted octanol–water partition coefficient (Wildman–Crippen LogP) is 3.77. The molecule has 1 atom stereocenters. The lowest BCUT2D eigenvalue weighted by atomic mass is 9.99. The van der Waals surface area contributed by atoms with Crippen LogP contribution in [0, 0.1) is 20.8 Å². The summed E-state index contributed by atoms with van der Waals surface area (Å²) in [5.74, 6) is 0. The van der Waals surface area contributed by atoms with Crippen molar-refractivity contribution in [2.45, 2.75) is 33.7 Å². The van der Waals surface area contributed by atoms with E-state index in [1.807, 2.05) is 0 Å². The Balaban J connectivity index is 2.46. The van der Waals surface area contributed by atoms with Gasteiger partial charge in [-0.1, -0.05) is 31.2 Å². The molecule has 0 saturated heterocycles. The van der Waals surface area contributed by atoms with Gasteiger partial charge in [-0.2, -0.15) is 0 Å². The van der Waals surface area contributed by atoms with Crippen molar-refractivity contribution in [3.63, 3.8) is 0 Å². The number of benzene rings is 1. The van der Waals surface area contributed by atoms with E-state index in [-0.39, 0.29) is 6.04 Å². The van der Waals surface area contributed by atoms with Crippen molar-refractivity contribution in [3.8, 4) is 0 Å². The van der Waals surface area contributed by atoms with Crippen molar-refractivity contribution in [1.29, 1.82) is 0 Å². The quantitative estimate of drug-likeness (QED) is 0.905. The highest BCUT2D eigenvalue weighted by Crippen LogP contribution is 2.31. The molecule has 0 fully saturated rings. The number of hydrogen-bond acceptors (Lipinski definition) is 3. The highest BCUT2D eigenvalue weighted by atomic mass is 32.1. The van der Waals surface area contributed by atoms with Gasteiger partial charge in [-0.3, -0.25) is 0 Å². The van der Waals surface area contributed by atoms with Crippen LogP contribution in [-0.2, 0) is 0 Å². The second-order valence-electron chi connectivity index (χ2n) is 4.53. The largest absolute Gasteiger partial charge is 0.306 e. The van der Waals surface area contributed by atoms with Crippen LogP contribution in [-0.4, -0.2) is 11.5 Å². The number of aromatic nitrogens is 1. The van der Waals surface area contributed by atoms with Crippen LogP contribution in [0.3, 0.4) is 0 Å². The molecule has 2 nitrogen and oxygen atoms in total. The summed E-state index contributed by atoms with van der Waals surface area (Å²) in [5, 5.41) is 4.72. The molecule has 0 aliphatic carbocycles. The normalized spacial score (nSPS) is 12.7. The Bertz CT molecular complexity index is 531. The van der Waals surface area contributed by atoms with Gasteiger partial charge in [-0.25, -0.2) is 4.98 Å². The molecule has 2 aromatic rings. The minimum absolute atomic E-state index is 0.266. The van der Waals surface area contributed by atoms with Crippen LogP contribution in [0.4, 0.5) is 0 Å². The Morgan fingerprint density at radius 2 is 1.94 bits per heavy atom. The van der Waals surface area contributed by atoms with Gasteiger partial charge in [0.05, 0.1) is 16.7 Å². The molecule has 0 aliphatic rings. The Hall–Kier alpha value is -1.19. The zero-order valence-corrected chi connectivity index (χ0v) is 12.3. The van der Waals surface area contributed by atoms with Crippen LogP contribution in [0.2, 0.25) is 0 Å². The Labute approximate surface area is 113 Å². The summed E-state index contributed by atoms with van der Waals surface area (Å²) < 4.78 is 0. The molecule has 0 spiro atoms. The van der Waals surface area contributed by atoms with E-state index >= 15 is 0 Å². The Kier molecular flexibility index (Phi) is 4.15. The number of thiazole rings is 1. The van der Waals surface area contributed by atoms with Gasteiger partial charge in [-0.05, 0) is 38.4 Å². The molecular formula is C15H20N2S. The molecule has 2 rings (SSSR count). The molecule has 0 radical (unpaired) electrons. The second kappa shape index (κ2) is 5.63. The summed E-state index contributed by atoms with van der Waals surface area (Å²) in [6, 6.07) is 8.84. The lowest BCUT2D eigenvalue weighted by Gasteiger charge is -2.19. The van der Waals surface area contributed by atoms with E-state index in [2.05, 4.69) is 62.3 Å². The first-order chi connectivity index (χ1) is 8.63. The zero-order valence-electron chi connectivity index (χ0n) is 11.4. The van der Waals surface area contributed by atoms with Crippen molar-refractivity contribution >= 4 is 11.3 Å². The fraction of sp³-hybridized carbons (Fsp3) is 0.400. The average molecular weight is 260 g/mol. The van der Waals surface area contributed by atoms with Crippen LogP contribution in [0.15, 0.2) is 24.3 Å². The first kappa shape index (κ1) is 13.2. The van der Waals surface area contributed by atoms with Crippen molar-refractivity contribution in [2.75, 3.05) is 6.54 Å². The fourth-order valence-corrected chi connectivity index (χ4v) is 3.30. The number of aryl methyl sites for hydroxylation is 3. The van der Waals surface area contributed by atoms with Crippen LogP contribution in [0.1, 0.15) is 39.7 Å². The SMILES string of the molecule is CCNC(c1ccccc1C)c1sc(C)nc1C. The lowest BCUT2D eigenvalue weighted by molar-refractivity contribution is 0.632. The smallest absolute Gasteiger partial charge is 0.0900 e. The van der Waals surface area contributed by atoms with Crippen molar-refractivity contribution in [1.82, 2.24) is 10.3 Å². The summed E-state index contributed by atoms with van der Waals surface area (Å²) >= 11 is 1.79. The average Bonchev–Trinajstić information content (AvgIpc) is 2.66. The minimum atomic E-state index is 0.266. The monoisotopic (exact) mass is 260 g/mol. The van der Waals surface area contributed by atoms with Crippen LogP contribution >= 0.6 is 11.3 Å². The fourth-order valence-electron chi connectivity index (χ4n) is 2.27. The molecule has 1 unspecified atom stereocenters. The molecule has 1 aromatic heterocycles. The third kappa shape index (κ3) is 2.62. The molecule has 3 heteroatoms.